The van der Waals surface area contributed by atoms with E-state index in [2.05, 4.69) is 15.5 Å². The lowest BCUT2D eigenvalue weighted by Gasteiger charge is -2.25. The number of hydrogen-bond acceptors (Lipinski definition) is 6. The molecule has 1 aromatic carbocycles. The van der Waals surface area contributed by atoms with Crippen LogP contribution in [0, 0.1) is 5.92 Å². The first-order valence-electron chi connectivity index (χ1n) is 14.1. The summed E-state index contributed by atoms with van der Waals surface area (Å²) in [5.74, 6) is -0.0212. The van der Waals surface area contributed by atoms with Crippen LogP contribution in [-0.4, -0.2) is 54.3 Å². The van der Waals surface area contributed by atoms with E-state index in [9.17, 15) is 22.4 Å². The van der Waals surface area contributed by atoms with Crippen molar-refractivity contribution in [3.63, 3.8) is 0 Å². The zero-order chi connectivity index (χ0) is 30.5. The van der Waals surface area contributed by atoms with Crippen LogP contribution in [0.15, 0.2) is 54.9 Å². The number of hydrogen-bond donors (Lipinski definition) is 1. The van der Waals surface area contributed by atoms with Crippen molar-refractivity contribution in [1.29, 1.82) is 0 Å². The van der Waals surface area contributed by atoms with Gasteiger partial charge in [0.2, 0.25) is 17.7 Å². The first kappa shape index (κ1) is 27.9. The molecule has 0 bridgehead atoms. The number of nitrogens with zero attached hydrogens (tertiary/aromatic N) is 6. The van der Waals surface area contributed by atoms with Crippen LogP contribution in [-0.2, 0) is 24.9 Å². The number of ether oxygens (including phenoxy) is 2. The van der Waals surface area contributed by atoms with Crippen molar-refractivity contribution in [2.24, 2.45) is 13.0 Å². The van der Waals surface area contributed by atoms with Crippen LogP contribution in [0.2, 0.25) is 0 Å². The van der Waals surface area contributed by atoms with Crippen molar-refractivity contribution < 1.29 is 31.8 Å². The standard InChI is InChI=1S/C30H27F4N7O3/c1-39-14-20(28(38-39)44-30(33)34)21-19-8-5-11-40(12-16-6-3-2-4-7-16)26(19)36-23(21)22-24(25(31)32)37-41-13-18(15-43-29(22)41)35-27(42)17-9-10-17/h2-8,11,14,17-18,25,30H,9-10,12-13,15H2,1H3,(H,35,42). The highest BCUT2D eigenvalue weighted by atomic mass is 19.3. The molecule has 1 fully saturated rings. The Bertz CT molecular complexity index is 1800. The molecule has 10 nitrogen and oxygen atoms in total. The third-order valence-electron chi connectivity index (χ3n) is 7.71. The number of carbonyl (C=O) groups excluding carboxylic acids is 1. The molecule has 3 aliphatic heterocycles. The number of aryl methyl sites for hydroxylation is 1. The maximum Gasteiger partial charge on any atom is 0.388 e. The largest absolute Gasteiger partial charge is 0.475 e. The van der Waals surface area contributed by atoms with Gasteiger partial charge < -0.3 is 19.4 Å². The fourth-order valence-corrected chi connectivity index (χ4v) is 5.63. The third-order valence-corrected chi connectivity index (χ3v) is 7.71. The molecule has 1 saturated carbocycles. The summed E-state index contributed by atoms with van der Waals surface area (Å²) in [4.78, 5) is 17.2. The number of amides is 1. The molecule has 0 saturated heterocycles. The predicted molar refractivity (Wildman–Crippen MR) is 150 cm³/mol. The molecular weight excluding hydrogens is 582 g/mol. The zero-order valence-electron chi connectivity index (χ0n) is 23.5. The number of aromatic nitrogens is 6. The Kier molecular flexibility index (Phi) is 6.98. The summed E-state index contributed by atoms with van der Waals surface area (Å²) in [5.41, 5.74) is 1.33. The summed E-state index contributed by atoms with van der Waals surface area (Å²) in [6, 6.07) is 12.7. The molecule has 1 atom stereocenters. The zero-order valence-corrected chi connectivity index (χ0v) is 23.5. The second-order valence-corrected chi connectivity index (χ2v) is 10.9. The molecule has 1 aliphatic carbocycles. The Morgan fingerprint density at radius 3 is 2.59 bits per heavy atom. The first-order chi connectivity index (χ1) is 21.3. The van der Waals surface area contributed by atoms with Crippen LogP contribution < -0.4 is 14.8 Å². The van der Waals surface area contributed by atoms with E-state index in [-0.39, 0.29) is 59.1 Å². The van der Waals surface area contributed by atoms with Gasteiger partial charge in [-0.15, -0.1) is 5.10 Å². The van der Waals surface area contributed by atoms with E-state index in [0.29, 0.717) is 17.9 Å². The van der Waals surface area contributed by atoms with Crippen molar-refractivity contribution in [3.8, 4) is 45.5 Å². The normalized spacial score (nSPS) is 16.4. The van der Waals surface area contributed by atoms with Crippen LogP contribution in [0.1, 0.15) is 30.5 Å². The van der Waals surface area contributed by atoms with Gasteiger partial charge in [0.1, 0.15) is 18.1 Å². The molecule has 5 heterocycles. The molecule has 1 amide bonds. The molecule has 0 radical (unpaired) electrons. The van der Waals surface area contributed by atoms with E-state index >= 15 is 0 Å². The minimum Gasteiger partial charge on any atom is -0.475 e. The minimum absolute atomic E-state index is 0.0311. The molecule has 1 unspecified atom stereocenters. The quantitative estimate of drug-likeness (QED) is 0.233. The highest BCUT2D eigenvalue weighted by Crippen LogP contribution is 2.50. The summed E-state index contributed by atoms with van der Waals surface area (Å²) in [6.07, 6.45) is 1.91. The average Bonchev–Trinajstić information content (AvgIpc) is 3.55. The van der Waals surface area contributed by atoms with Crippen LogP contribution >= 0.6 is 0 Å². The van der Waals surface area contributed by atoms with Gasteiger partial charge in [-0.2, -0.15) is 13.9 Å². The summed E-state index contributed by atoms with van der Waals surface area (Å²) in [6.45, 7) is -2.61. The molecule has 44 heavy (non-hydrogen) atoms. The molecule has 14 heteroatoms. The van der Waals surface area contributed by atoms with Crippen molar-refractivity contribution in [3.05, 3.63) is 66.1 Å². The van der Waals surface area contributed by atoms with Crippen LogP contribution in [0.5, 0.6) is 11.8 Å². The van der Waals surface area contributed by atoms with Gasteiger partial charge in [-0.25, -0.2) is 18.4 Å². The molecule has 3 aromatic rings. The molecular formula is C30H27F4N7O3. The Hall–Kier alpha value is -4.88. The first-order valence-corrected chi connectivity index (χ1v) is 14.1. The fraction of sp³-hybridized carbons (Fsp3) is 0.333. The van der Waals surface area contributed by atoms with Crippen LogP contribution in [0.3, 0.4) is 0 Å². The van der Waals surface area contributed by atoms with E-state index in [1.165, 1.54) is 15.6 Å². The number of alkyl halides is 4. The monoisotopic (exact) mass is 609 g/mol. The third kappa shape index (κ3) is 5.13. The van der Waals surface area contributed by atoms with Gasteiger partial charge >= 0.3 is 6.61 Å². The van der Waals surface area contributed by atoms with E-state index in [4.69, 9.17) is 14.5 Å². The van der Waals surface area contributed by atoms with Gasteiger partial charge in [0.25, 0.3) is 6.43 Å². The molecule has 228 valence electrons. The average molecular weight is 610 g/mol. The summed E-state index contributed by atoms with van der Waals surface area (Å²) in [7, 11) is 1.54. The molecule has 7 rings (SSSR count). The van der Waals surface area contributed by atoms with Gasteiger partial charge in [0.05, 0.1) is 29.4 Å². The number of nitrogens with one attached hydrogen (secondary N) is 1. The van der Waals surface area contributed by atoms with Crippen molar-refractivity contribution in [2.75, 3.05) is 6.61 Å². The topological polar surface area (TPSA) is 101 Å². The Balaban J connectivity index is 1.40. The van der Waals surface area contributed by atoms with Crippen molar-refractivity contribution in [2.45, 2.75) is 45.0 Å². The summed E-state index contributed by atoms with van der Waals surface area (Å²) < 4.78 is 71.5. The Morgan fingerprint density at radius 2 is 1.86 bits per heavy atom. The lowest BCUT2D eigenvalue weighted by atomic mass is 9.98. The highest BCUT2D eigenvalue weighted by Gasteiger charge is 2.38. The van der Waals surface area contributed by atoms with Crippen LogP contribution in [0.4, 0.5) is 17.6 Å². The van der Waals surface area contributed by atoms with Crippen LogP contribution in [0.25, 0.3) is 33.8 Å². The van der Waals surface area contributed by atoms with Crippen molar-refractivity contribution >= 4 is 5.91 Å². The Labute approximate surface area is 248 Å². The number of pyridine rings is 1. The maximum atomic E-state index is 14.7. The minimum atomic E-state index is -3.17. The Morgan fingerprint density at radius 1 is 1.07 bits per heavy atom. The fourth-order valence-electron chi connectivity index (χ4n) is 5.63. The number of halogens is 4. The van der Waals surface area contributed by atoms with E-state index in [1.54, 1.807) is 25.4 Å². The highest BCUT2D eigenvalue weighted by molar-refractivity contribution is 5.97. The smallest absolute Gasteiger partial charge is 0.388 e. The number of fused-ring (bicyclic) bond motifs is 2. The second-order valence-electron chi connectivity index (χ2n) is 10.9. The van der Waals surface area contributed by atoms with E-state index < -0.39 is 24.8 Å². The molecule has 0 spiro atoms. The SMILES string of the molecule is Cn1cc(-c2c3cccn(Cc4ccccc4)c-3nc2-c2c(C(F)F)nn3c2OCC(NC(=O)C2CC2)C3)c(OC(F)F)n1. The van der Waals surface area contributed by atoms with E-state index in [1.807, 2.05) is 34.9 Å². The second kappa shape index (κ2) is 11.0. The van der Waals surface area contributed by atoms with Crippen molar-refractivity contribution in [1.82, 2.24) is 34.4 Å². The van der Waals surface area contributed by atoms with E-state index in [0.717, 1.165) is 18.4 Å². The van der Waals surface area contributed by atoms with Gasteiger partial charge in [-0.3, -0.25) is 9.48 Å². The summed E-state index contributed by atoms with van der Waals surface area (Å²) in [5, 5.41) is 11.2. The maximum absolute atomic E-state index is 14.7. The van der Waals surface area contributed by atoms with Gasteiger partial charge in [-0.1, -0.05) is 30.3 Å². The number of benzene rings is 1. The number of rotatable bonds is 9. The molecule has 4 aliphatic rings. The number of carbonyl (C=O) groups is 1. The molecule has 1 N–H and O–H groups in total. The molecule has 2 aromatic heterocycles. The predicted octanol–water partition coefficient (Wildman–Crippen LogP) is 5.13. The van der Waals surface area contributed by atoms with Gasteiger partial charge in [-0.05, 0) is 30.5 Å². The lowest BCUT2D eigenvalue weighted by Crippen LogP contribution is -2.45. The summed E-state index contributed by atoms with van der Waals surface area (Å²) >= 11 is 0. The van der Waals surface area contributed by atoms with Gasteiger partial charge in [0, 0.05) is 43.0 Å². The lowest BCUT2D eigenvalue weighted by molar-refractivity contribution is -0.123. The van der Waals surface area contributed by atoms with Gasteiger partial charge in [0.15, 0.2) is 0 Å².